The largest absolute Gasteiger partial charge is 0.380 e. The van der Waals surface area contributed by atoms with Crippen molar-refractivity contribution in [3.8, 4) is 0 Å². The first-order valence-electron chi connectivity index (χ1n) is 8.41. The van der Waals surface area contributed by atoms with E-state index < -0.39 is 11.4 Å². The van der Waals surface area contributed by atoms with Crippen molar-refractivity contribution in [2.75, 3.05) is 20.6 Å². The third kappa shape index (κ3) is 4.50. The first-order valence-corrected chi connectivity index (χ1v) is 8.79. The Bertz CT molecular complexity index is 789. The van der Waals surface area contributed by atoms with Crippen LogP contribution >= 0.6 is 11.6 Å². The maximum absolute atomic E-state index is 13.6. The van der Waals surface area contributed by atoms with Crippen LogP contribution in [0.1, 0.15) is 25.0 Å². The van der Waals surface area contributed by atoms with Crippen LogP contribution in [0.3, 0.4) is 0 Å². The zero-order valence-electron chi connectivity index (χ0n) is 15.4. The van der Waals surface area contributed by atoms with Gasteiger partial charge >= 0.3 is 0 Å². The third-order valence-electron chi connectivity index (χ3n) is 4.57. The standard InChI is InChI=1S/C21H24ClF2NO/c1-14(11-16-5-8-18(23)9-6-16)21(26,15(2)13-25(3)4)17-7-10-20(24)19(22)12-17/h5-12,15,26H,13H2,1-4H3. The van der Waals surface area contributed by atoms with Gasteiger partial charge in [-0.25, -0.2) is 8.78 Å². The van der Waals surface area contributed by atoms with Gasteiger partial charge in [0, 0.05) is 12.5 Å². The average molecular weight is 380 g/mol. The molecule has 0 radical (unpaired) electrons. The van der Waals surface area contributed by atoms with Gasteiger partial charge in [-0.1, -0.05) is 42.8 Å². The summed E-state index contributed by atoms with van der Waals surface area (Å²) in [5, 5.41) is 11.6. The summed E-state index contributed by atoms with van der Waals surface area (Å²) >= 11 is 5.95. The van der Waals surface area contributed by atoms with Crippen molar-refractivity contribution in [2.45, 2.75) is 19.4 Å². The summed E-state index contributed by atoms with van der Waals surface area (Å²) in [6.07, 6.45) is 1.81. The predicted molar refractivity (Wildman–Crippen MR) is 103 cm³/mol. The molecule has 26 heavy (non-hydrogen) atoms. The number of hydrogen-bond donors (Lipinski definition) is 1. The highest BCUT2D eigenvalue weighted by molar-refractivity contribution is 6.30. The van der Waals surface area contributed by atoms with Crippen LogP contribution in [0.5, 0.6) is 0 Å². The van der Waals surface area contributed by atoms with E-state index in [4.69, 9.17) is 11.6 Å². The minimum atomic E-state index is -1.35. The molecule has 0 aliphatic rings. The maximum atomic E-state index is 13.6. The highest BCUT2D eigenvalue weighted by Gasteiger charge is 2.38. The molecular weight excluding hydrogens is 356 g/mol. The Morgan fingerprint density at radius 1 is 1.19 bits per heavy atom. The molecule has 1 N–H and O–H groups in total. The molecule has 2 nitrogen and oxygen atoms in total. The molecule has 0 saturated carbocycles. The smallest absolute Gasteiger partial charge is 0.141 e. The van der Waals surface area contributed by atoms with Crippen LogP contribution in [0.15, 0.2) is 48.0 Å². The fraction of sp³-hybridized carbons (Fsp3) is 0.333. The fourth-order valence-electron chi connectivity index (χ4n) is 3.23. The molecule has 0 fully saturated rings. The number of hydrogen-bond acceptors (Lipinski definition) is 2. The van der Waals surface area contributed by atoms with Gasteiger partial charge in [-0.05, 0) is 62.0 Å². The van der Waals surface area contributed by atoms with E-state index in [-0.39, 0.29) is 16.8 Å². The van der Waals surface area contributed by atoms with E-state index in [0.717, 1.165) is 5.56 Å². The van der Waals surface area contributed by atoms with Crippen LogP contribution in [0.25, 0.3) is 6.08 Å². The van der Waals surface area contributed by atoms with Crippen LogP contribution in [0.2, 0.25) is 5.02 Å². The summed E-state index contributed by atoms with van der Waals surface area (Å²) in [4.78, 5) is 1.98. The van der Waals surface area contributed by atoms with Crippen molar-refractivity contribution in [3.63, 3.8) is 0 Å². The van der Waals surface area contributed by atoms with Gasteiger partial charge in [0.1, 0.15) is 17.2 Å². The minimum absolute atomic E-state index is 0.0347. The Hall–Kier alpha value is -1.75. The number of benzene rings is 2. The maximum Gasteiger partial charge on any atom is 0.141 e. The summed E-state index contributed by atoms with van der Waals surface area (Å²) in [5.41, 5.74) is 0.610. The van der Waals surface area contributed by atoms with Crippen LogP contribution in [0, 0.1) is 17.6 Å². The quantitative estimate of drug-likeness (QED) is 0.754. The van der Waals surface area contributed by atoms with E-state index in [1.807, 2.05) is 38.9 Å². The van der Waals surface area contributed by atoms with E-state index in [1.165, 1.54) is 24.3 Å². The van der Waals surface area contributed by atoms with Crippen molar-refractivity contribution in [3.05, 3.63) is 75.8 Å². The molecule has 5 heteroatoms. The molecule has 0 heterocycles. The molecule has 140 valence electrons. The van der Waals surface area contributed by atoms with Crippen LogP contribution < -0.4 is 0 Å². The second kappa shape index (κ2) is 8.30. The molecule has 2 aromatic rings. The van der Waals surface area contributed by atoms with E-state index in [0.29, 0.717) is 17.7 Å². The molecule has 0 amide bonds. The Morgan fingerprint density at radius 2 is 1.81 bits per heavy atom. The van der Waals surface area contributed by atoms with Gasteiger partial charge in [-0.15, -0.1) is 0 Å². The molecule has 2 unspecified atom stereocenters. The summed E-state index contributed by atoms with van der Waals surface area (Å²) in [7, 11) is 3.85. The van der Waals surface area contributed by atoms with E-state index in [1.54, 1.807) is 18.2 Å². The van der Waals surface area contributed by atoms with E-state index in [2.05, 4.69) is 0 Å². The molecule has 0 aliphatic carbocycles. The van der Waals surface area contributed by atoms with Crippen LogP contribution in [-0.4, -0.2) is 30.6 Å². The number of halogens is 3. The second-order valence-corrected chi connectivity index (χ2v) is 7.34. The van der Waals surface area contributed by atoms with Crippen molar-refractivity contribution in [1.29, 1.82) is 0 Å². The molecule has 0 spiro atoms. The topological polar surface area (TPSA) is 23.5 Å². The first-order chi connectivity index (χ1) is 12.1. The molecule has 0 saturated heterocycles. The lowest BCUT2D eigenvalue weighted by atomic mass is 9.76. The third-order valence-corrected chi connectivity index (χ3v) is 4.86. The molecule has 0 bridgehead atoms. The van der Waals surface area contributed by atoms with Crippen molar-refractivity contribution < 1.29 is 13.9 Å². The Labute approximate surface area is 158 Å². The monoisotopic (exact) mass is 379 g/mol. The van der Waals surface area contributed by atoms with Gasteiger partial charge in [0.25, 0.3) is 0 Å². The van der Waals surface area contributed by atoms with E-state index in [9.17, 15) is 13.9 Å². The molecule has 2 aromatic carbocycles. The molecule has 0 aromatic heterocycles. The predicted octanol–water partition coefficient (Wildman–Crippen LogP) is 5.11. The van der Waals surface area contributed by atoms with Gasteiger partial charge < -0.3 is 10.0 Å². The highest BCUT2D eigenvalue weighted by atomic mass is 35.5. The number of nitrogens with zero attached hydrogens (tertiary/aromatic N) is 1. The molecule has 2 rings (SSSR count). The number of rotatable bonds is 6. The fourth-order valence-corrected chi connectivity index (χ4v) is 3.41. The van der Waals surface area contributed by atoms with Gasteiger partial charge in [-0.3, -0.25) is 0 Å². The molecule has 2 atom stereocenters. The van der Waals surface area contributed by atoms with E-state index >= 15 is 0 Å². The Morgan fingerprint density at radius 3 is 2.35 bits per heavy atom. The van der Waals surface area contributed by atoms with Crippen LogP contribution in [-0.2, 0) is 5.60 Å². The van der Waals surface area contributed by atoms with Crippen LogP contribution in [0.4, 0.5) is 8.78 Å². The average Bonchev–Trinajstić information content (AvgIpc) is 2.57. The van der Waals surface area contributed by atoms with Crippen molar-refractivity contribution in [1.82, 2.24) is 4.90 Å². The zero-order valence-corrected chi connectivity index (χ0v) is 16.2. The summed E-state index contributed by atoms with van der Waals surface area (Å²) in [6.45, 7) is 4.35. The zero-order chi connectivity index (χ0) is 19.5. The Kier molecular flexibility index (Phi) is 6.56. The normalized spacial score (nSPS) is 15.8. The molecule has 0 aliphatic heterocycles. The lowest BCUT2D eigenvalue weighted by Crippen LogP contribution is -2.40. The summed E-state index contributed by atoms with van der Waals surface area (Å²) in [5.74, 6) is -1.05. The van der Waals surface area contributed by atoms with Crippen molar-refractivity contribution >= 4 is 17.7 Å². The summed E-state index contributed by atoms with van der Waals surface area (Å²) < 4.78 is 26.8. The highest BCUT2D eigenvalue weighted by Crippen LogP contribution is 2.39. The van der Waals surface area contributed by atoms with Gasteiger partial charge in [-0.2, -0.15) is 0 Å². The Balaban J connectivity index is 2.54. The lowest BCUT2D eigenvalue weighted by molar-refractivity contribution is 0.0105. The van der Waals surface area contributed by atoms with Gasteiger partial charge in [0.05, 0.1) is 5.02 Å². The minimum Gasteiger partial charge on any atom is -0.380 e. The molecular formula is C21H24ClF2NO. The number of aliphatic hydroxyl groups is 1. The summed E-state index contributed by atoms with van der Waals surface area (Å²) in [6, 6.07) is 10.3. The lowest BCUT2D eigenvalue weighted by Gasteiger charge is -2.37. The van der Waals surface area contributed by atoms with Crippen molar-refractivity contribution in [2.24, 2.45) is 5.92 Å². The first kappa shape index (κ1) is 20.6. The SMILES string of the molecule is CC(=Cc1ccc(F)cc1)C(O)(c1ccc(F)c(Cl)c1)C(C)CN(C)C. The van der Waals surface area contributed by atoms with Gasteiger partial charge in [0.2, 0.25) is 0 Å². The second-order valence-electron chi connectivity index (χ2n) is 6.94. The van der Waals surface area contributed by atoms with Gasteiger partial charge in [0.15, 0.2) is 0 Å².